The van der Waals surface area contributed by atoms with Gasteiger partial charge in [-0.2, -0.15) is 0 Å². The lowest BCUT2D eigenvalue weighted by molar-refractivity contribution is 0.633. The van der Waals surface area contributed by atoms with Gasteiger partial charge in [0.25, 0.3) is 0 Å². The Morgan fingerprint density at radius 3 is 2.62 bits per heavy atom. The average molecular weight is 319 g/mol. The van der Waals surface area contributed by atoms with Crippen LogP contribution < -0.4 is 0 Å². The molecule has 1 aromatic carbocycles. The molecule has 0 atom stereocenters. The Kier molecular flexibility index (Phi) is 3.92. The third kappa shape index (κ3) is 2.92. The van der Waals surface area contributed by atoms with Crippen molar-refractivity contribution in [2.75, 3.05) is 0 Å². The van der Waals surface area contributed by atoms with Crippen molar-refractivity contribution in [3.05, 3.63) is 58.3 Å². The van der Waals surface area contributed by atoms with Crippen LogP contribution in [0.25, 0.3) is 16.9 Å². The Morgan fingerprint density at radius 2 is 1.90 bits per heavy atom. The third-order valence-corrected chi connectivity index (χ3v) is 3.84. The molecule has 0 aliphatic rings. The molecule has 3 rings (SSSR count). The fourth-order valence-corrected chi connectivity index (χ4v) is 2.87. The normalized spacial score (nSPS) is 11.5. The highest BCUT2D eigenvalue weighted by Crippen LogP contribution is 2.29. The minimum atomic E-state index is 0.529. The van der Waals surface area contributed by atoms with Crippen molar-refractivity contribution < 1.29 is 0 Å². The summed E-state index contributed by atoms with van der Waals surface area (Å²) in [5.74, 6) is 0.529. The molecule has 108 valence electrons. The molecule has 2 heterocycles. The Hall–Kier alpha value is -1.51. The van der Waals surface area contributed by atoms with E-state index in [9.17, 15) is 0 Å². The first kappa shape index (κ1) is 14.4. The van der Waals surface area contributed by atoms with Gasteiger partial charge in [0, 0.05) is 16.8 Å². The number of fused-ring (bicyclic) bond motifs is 1. The van der Waals surface area contributed by atoms with Gasteiger partial charge in [-0.05, 0) is 36.6 Å². The number of imidazole rings is 1. The summed E-state index contributed by atoms with van der Waals surface area (Å²) in [6, 6.07) is 11.6. The Bertz CT molecular complexity index is 791. The van der Waals surface area contributed by atoms with Crippen LogP contribution in [-0.2, 0) is 6.42 Å². The van der Waals surface area contributed by atoms with Crippen LogP contribution in [0.3, 0.4) is 0 Å². The molecule has 2 nitrogen and oxygen atoms in total. The highest BCUT2D eigenvalue weighted by atomic mass is 35.5. The lowest BCUT2D eigenvalue weighted by Gasteiger charge is -2.08. The highest BCUT2D eigenvalue weighted by Gasteiger charge is 2.15. The summed E-state index contributed by atoms with van der Waals surface area (Å²) < 4.78 is 2.08. The first-order valence-electron chi connectivity index (χ1n) is 6.97. The van der Waals surface area contributed by atoms with Gasteiger partial charge in [0.1, 0.15) is 5.65 Å². The van der Waals surface area contributed by atoms with Crippen molar-refractivity contribution >= 4 is 28.8 Å². The molecule has 0 N–H and O–H groups in total. The van der Waals surface area contributed by atoms with E-state index in [-0.39, 0.29) is 0 Å². The van der Waals surface area contributed by atoms with Crippen molar-refractivity contribution in [1.29, 1.82) is 0 Å². The summed E-state index contributed by atoms with van der Waals surface area (Å²) in [5, 5.41) is 1.43. The fraction of sp³-hybridized carbons (Fsp3) is 0.235. The Labute approximate surface area is 134 Å². The van der Waals surface area contributed by atoms with Gasteiger partial charge in [0.2, 0.25) is 0 Å². The minimum absolute atomic E-state index is 0.529. The molecule has 2 aromatic heterocycles. The van der Waals surface area contributed by atoms with Gasteiger partial charge < -0.3 is 4.40 Å². The van der Waals surface area contributed by atoms with Crippen LogP contribution in [0.2, 0.25) is 10.0 Å². The molecule has 0 unspecified atom stereocenters. The van der Waals surface area contributed by atoms with E-state index in [0.29, 0.717) is 10.9 Å². The van der Waals surface area contributed by atoms with E-state index < -0.39 is 0 Å². The molecule has 0 spiro atoms. The average Bonchev–Trinajstić information content (AvgIpc) is 2.76. The third-order valence-electron chi connectivity index (χ3n) is 3.38. The number of hydrogen-bond acceptors (Lipinski definition) is 1. The van der Waals surface area contributed by atoms with Crippen LogP contribution in [-0.4, -0.2) is 9.38 Å². The van der Waals surface area contributed by atoms with Crippen LogP contribution in [0.5, 0.6) is 0 Å². The van der Waals surface area contributed by atoms with Crippen molar-refractivity contribution in [2.24, 2.45) is 5.92 Å². The quantitative estimate of drug-likeness (QED) is 0.622. The summed E-state index contributed by atoms with van der Waals surface area (Å²) >= 11 is 12.3. The Balaban J connectivity index is 2.25. The minimum Gasteiger partial charge on any atom is -0.302 e. The number of pyridine rings is 1. The zero-order valence-electron chi connectivity index (χ0n) is 12.0. The van der Waals surface area contributed by atoms with Crippen molar-refractivity contribution in [3.8, 4) is 11.3 Å². The van der Waals surface area contributed by atoms with Crippen LogP contribution in [0.1, 0.15) is 19.5 Å². The second kappa shape index (κ2) is 5.70. The summed E-state index contributed by atoms with van der Waals surface area (Å²) in [6.45, 7) is 4.40. The number of aromatic nitrogens is 2. The van der Waals surface area contributed by atoms with Gasteiger partial charge in [0.15, 0.2) is 0 Å². The summed E-state index contributed by atoms with van der Waals surface area (Å²) in [7, 11) is 0. The molecule has 0 saturated heterocycles. The molecule has 3 aromatic rings. The maximum absolute atomic E-state index is 6.14. The molecule has 0 fully saturated rings. The van der Waals surface area contributed by atoms with Crippen molar-refractivity contribution in [1.82, 2.24) is 9.38 Å². The zero-order valence-corrected chi connectivity index (χ0v) is 13.5. The zero-order chi connectivity index (χ0) is 15.0. The van der Waals surface area contributed by atoms with Gasteiger partial charge in [-0.15, -0.1) is 0 Å². The second-order valence-electron chi connectivity index (χ2n) is 5.59. The van der Waals surface area contributed by atoms with E-state index >= 15 is 0 Å². The topological polar surface area (TPSA) is 17.3 Å². The van der Waals surface area contributed by atoms with E-state index in [1.54, 1.807) is 0 Å². The molecule has 21 heavy (non-hydrogen) atoms. The van der Waals surface area contributed by atoms with Gasteiger partial charge in [-0.1, -0.05) is 49.2 Å². The standard InChI is InChI=1S/C17H16Cl2N2/c1-11(2)8-15-17(12-4-3-5-13(18)9-12)20-16-7-6-14(19)10-21(15)16/h3-7,9-11H,8H2,1-2H3. The van der Waals surface area contributed by atoms with Crippen LogP contribution >= 0.6 is 23.2 Å². The maximum Gasteiger partial charge on any atom is 0.137 e. The molecule has 0 radical (unpaired) electrons. The number of hydrogen-bond donors (Lipinski definition) is 0. The highest BCUT2D eigenvalue weighted by molar-refractivity contribution is 6.31. The molecule has 0 amide bonds. The monoisotopic (exact) mass is 318 g/mol. The fourth-order valence-electron chi connectivity index (χ4n) is 2.52. The molecular formula is C17H16Cl2N2. The number of rotatable bonds is 3. The van der Waals surface area contributed by atoms with Crippen molar-refractivity contribution in [3.63, 3.8) is 0 Å². The lowest BCUT2D eigenvalue weighted by Crippen LogP contribution is -2.00. The van der Waals surface area contributed by atoms with Crippen molar-refractivity contribution in [2.45, 2.75) is 20.3 Å². The van der Waals surface area contributed by atoms with E-state index in [2.05, 4.69) is 18.2 Å². The molecule has 0 aliphatic carbocycles. The van der Waals surface area contributed by atoms with E-state index in [1.807, 2.05) is 42.6 Å². The molecule has 0 saturated carbocycles. The molecule has 4 heteroatoms. The first-order valence-corrected chi connectivity index (χ1v) is 7.72. The number of nitrogens with zero attached hydrogens (tertiary/aromatic N) is 2. The number of benzene rings is 1. The van der Waals surface area contributed by atoms with Gasteiger partial charge in [-0.25, -0.2) is 4.98 Å². The van der Waals surface area contributed by atoms with Gasteiger partial charge in [0.05, 0.1) is 16.4 Å². The largest absolute Gasteiger partial charge is 0.302 e. The van der Waals surface area contributed by atoms with E-state index in [0.717, 1.165) is 28.3 Å². The lowest BCUT2D eigenvalue weighted by atomic mass is 10.0. The summed E-state index contributed by atoms with van der Waals surface area (Å²) in [6.07, 6.45) is 2.86. The van der Waals surface area contributed by atoms with E-state index in [1.165, 1.54) is 5.69 Å². The van der Waals surface area contributed by atoms with Gasteiger partial charge in [-0.3, -0.25) is 0 Å². The SMILES string of the molecule is CC(C)Cc1c(-c2cccc(Cl)c2)nc2ccc(Cl)cn12. The predicted octanol–water partition coefficient (Wildman–Crippen LogP) is 5.51. The van der Waals surface area contributed by atoms with Crippen LogP contribution in [0.15, 0.2) is 42.6 Å². The summed E-state index contributed by atoms with van der Waals surface area (Å²) in [4.78, 5) is 4.76. The second-order valence-corrected chi connectivity index (χ2v) is 6.46. The first-order chi connectivity index (χ1) is 10.0. The predicted molar refractivity (Wildman–Crippen MR) is 89.2 cm³/mol. The van der Waals surface area contributed by atoms with Crippen LogP contribution in [0.4, 0.5) is 0 Å². The summed E-state index contributed by atoms with van der Waals surface area (Å²) in [5.41, 5.74) is 4.10. The van der Waals surface area contributed by atoms with Crippen LogP contribution in [0, 0.1) is 5.92 Å². The molecular weight excluding hydrogens is 303 g/mol. The number of halogens is 2. The van der Waals surface area contributed by atoms with Gasteiger partial charge >= 0.3 is 0 Å². The Morgan fingerprint density at radius 1 is 1.10 bits per heavy atom. The molecule has 0 bridgehead atoms. The maximum atomic E-state index is 6.14. The smallest absolute Gasteiger partial charge is 0.137 e. The van der Waals surface area contributed by atoms with E-state index in [4.69, 9.17) is 28.2 Å². The molecule has 0 aliphatic heterocycles.